The number of hydrogen-bond acceptors (Lipinski definition) is 4. The number of aromatic nitrogens is 5. The second-order valence-corrected chi connectivity index (χ2v) is 4.28. The number of carbonyl (C=O) groups is 1. The monoisotopic (exact) mass is 270 g/mol. The summed E-state index contributed by atoms with van der Waals surface area (Å²) in [5, 5.41) is 17.0. The molecular formula is C13H12N5O2+. The van der Waals surface area contributed by atoms with Crippen molar-refractivity contribution in [2.45, 2.75) is 13.0 Å². The lowest BCUT2D eigenvalue weighted by atomic mass is 10.2. The largest absolute Gasteiger partial charge is 0.481 e. The van der Waals surface area contributed by atoms with Crippen LogP contribution in [0.1, 0.15) is 6.42 Å². The lowest BCUT2D eigenvalue weighted by Crippen LogP contribution is -2.33. The lowest BCUT2D eigenvalue weighted by Gasteiger charge is -1.95. The number of hydrogen-bond donors (Lipinski definition) is 1. The SMILES string of the molecule is O=C(O)CC[n+]1ccc(-c2nc3cccnn3n2)cc1. The summed E-state index contributed by atoms with van der Waals surface area (Å²) in [6.45, 7) is 0.440. The van der Waals surface area contributed by atoms with Crippen molar-refractivity contribution in [1.82, 2.24) is 19.8 Å². The molecule has 3 rings (SSSR count). The molecule has 0 saturated heterocycles. The smallest absolute Gasteiger partial charge is 0.309 e. The Balaban J connectivity index is 1.85. The minimum Gasteiger partial charge on any atom is -0.481 e. The van der Waals surface area contributed by atoms with Crippen LogP contribution in [0.2, 0.25) is 0 Å². The molecule has 0 atom stereocenters. The molecule has 0 aliphatic rings. The number of carboxylic acid groups (broad SMARTS) is 1. The van der Waals surface area contributed by atoms with Crippen molar-refractivity contribution in [3.05, 3.63) is 42.9 Å². The Labute approximate surface area is 114 Å². The van der Waals surface area contributed by atoms with Crippen molar-refractivity contribution in [3.63, 3.8) is 0 Å². The van der Waals surface area contributed by atoms with Gasteiger partial charge >= 0.3 is 5.97 Å². The van der Waals surface area contributed by atoms with Crippen LogP contribution < -0.4 is 4.57 Å². The average molecular weight is 270 g/mol. The minimum absolute atomic E-state index is 0.0978. The first-order valence-corrected chi connectivity index (χ1v) is 6.12. The predicted octanol–water partition coefficient (Wildman–Crippen LogP) is 0.553. The number of nitrogens with zero attached hydrogens (tertiary/aromatic N) is 5. The van der Waals surface area contributed by atoms with Crippen LogP contribution >= 0.6 is 0 Å². The van der Waals surface area contributed by atoms with Gasteiger partial charge in [0.15, 0.2) is 30.4 Å². The molecule has 0 bridgehead atoms. The van der Waals surface area contributed by atoms with Gasteiger partial charge in [0.25, 0.3) is 0 Å². The second kappa shape index (κ2) is 5.04. The second-order valence-electron chi connectivity index (χ2n) is 4.28. The van der Waals surface area contributed by atoms with Crippen molar-refractivity contribution in [1.29, 1.82) is 0 Å². The van der Waals surface area contributed by atoms with Gasteiger partial charge in [-0.1, -0.05) is 0 Å². The molecule has 3 aromatic rings. The quantitative estimate of drug-likeness (QED) is 0.700. The van der Waals surface area contributed by atoms with Crippen molar-refractivity contribution in [2.24, 2.45) is 0 Å². The molecule has 100 valence electrons. The van der Waals surface area contributed by atoms with Crippen LogP contribution in [0.5, 0.6) is 0 Å². The van der Waals surface area contributed by atoms with Gasteiger partial charge in [-0.3, -0.25) is 4.79 Å². The number of fused-ring (bicyclic) bond motifs is 1. The highest BCUT2D eigenvalue weighted by atomic mass is 16.4. The van der Waals surface area contributed by atoms with Crippen LogP contribution in [0.15, 0.2) is 42.9 Å². The fourth-order valence-electron chi connectivity index (χ4n) is 1.84. The number of carboxylic acids is 1. The number of aryl methyl sites for hydroxylation is 1. The van der Waals surface area contributed by atoms with Gasteiger partial charge in [-0.25, -0.2) is 9.55 Å². The average Bonchev–Trinajstić information content (AvgIpc) is 2.89. The molecule has 0 radical (unpaired) electrons. The first-order chi connectivity index (χ1) is 9.72. The molecule has 0 aliphatic heterocycles. The van der Waals surface area contributed by atoms with E-state index in [0.29, 0.717) is 18.0 Å². The summed E-state index contributed by atoms with van der Waals surface area (Å²) < 4.78 is 3.28. The molecule has 0 saturated carbocycles. The van der Waals surface area contributed by atoms with Crippen molar-refractivity contribution in [3.8, 4) is 11.4 Å². The summed E-state index contributed by atoms with van der Waals surface area (Å²) in [5.41, 5.74) is 1.55. The minimum atomic E-state index is -0.810. The number of aliphatic carboxylic acids is 1. The first kappa shape index (κ1) is 12.2. The summed E-state index contributed by atoms with van der Waals surface area (Å²) >= 11 is 0. The maximum absolute atomic E-state index is 10.5. The third-order valence-corrected chi connectivity index (χ3v) is 2.86. The van der Waals surface area contributed by atoms with E-state index < -0.39 is 5.97 Å². The van der Waals surface area contributed by atoms with Gasteiger partial charge in [0, 0.05) is 23.9 Å². The van der Waals surface area contributed by atoms with Gasteiger partial charge in [-0.05, 0) is 12.1 Å². The maximum atomic E-state index is 10.5. The Bertz CT molecular complexity index is 718. The summed E-state index contributed by atoms with van der Waals surface area (Å²) in [6.07, 6.45) is 5.38. The van der Waals surface area contributed by atoms with Crippen LogP contribution in [-0.4, -0.2) is 30.9 Å². The van der Waals surface area contributed by atoms with Crippen molar-refractivity contribution < 1.29 is 14.5 Å². The third-order valence-electron chi connectivity index (χ3n) is 2.86. The summed E-state index contributed by atoms with van der Waals surface area (Å²) in [5.74, 6) is -0.219. The molecule has 0 aromatic carbocycles. The normalized spacial score (nSPS) is 10.8. The van der Waals surface area contributed by atoms with E-state index in [9.17, 15) is 4.79 Å². The van der Waals surface area contributed by atoms with Crippen LogP contribution in [-0.2, 0) is 11.3 Å². The van der Waals surface area contributed by atoms with Crippen LogP contribution in [0.25, 0.3) is 17.0 Å². The fraction of sp³-hybridized carbons (Fsp3) is 0.154. The summed E-state index contributed by atoms with van der Waals surface area (Å²) in [4.78, 5) is 14.9. The van der Waals surface area contributed by atoms with Gasteiger partial charge in [0.2, 0.25) is 0 Å². The highest BCUT2D eigenvalue weighted by molar-refractivity contribution is 5.66. The molecule has 7 nitrogen and oxygen atoms in total. The Morgan fingerprint density at radius 1 is 1.30 bits per heavy atom. The Morgan fingerprint density at radius 3 is 2.80 bits per heavy atom. The zero-order chi connectivity index (χ0) is 13.9. The van der Waals surface area contributed by atoms with Gasteiger partial charge in [-0.2, -0.15) is 5.10 Å². The van der Waals surface area contributed by atoms with Crippen molar-refractivity contribution >= 4 is 11.6 Å². The molecule has 0 amide bonds. The van der Waals surface area contributed by atoms with E-state index in [1.54, 1.807) is 12.3 Å². The Hall–Kier alpha value is -2.83. The third kappa shape index (κ3) is 2.46. The van der Waals surface area contributed by atoms with Crippen LogP contribution in [0.3, 0.4) is 0 Å². The molecule has 20 heavy (non-hydrogen) atoms. The molecule has 3 heterocycles. The molecule has 0 aliphatic carbocycles. The van der Waals surface area contributed by atoms with Crippen LogP contribution in [0, 0.1) is 0 Å². The van der Waals surface area contributed by atoms with Gasteiger partial charge in [0.05, 0.1) is 0 Å². The molecule has 7 heteroatoms. The van der Waals surface area contributed by atoms with E-state index in [-0.39, 0.29) is 6.42 Å². The molecule has 3 aromatic heterocycles. The van der Waals surface area contributed by atoms with Crippen molar-refractivity contribution in [2.75, 3.05) is 0 Å². The van der Waals surface area contributed by atoms with Gasteiger partial charge in [-0.15, -0.1) is 9.73 Å². The van der Waals surface area contributed by atoms with E-state index in [4.69, 9.17) is 5.11 Å². The molecule has 0 fully saturated rings. The van der Waals surface area contributed by atoms with E-state index in [1.165, 1.54) is 4.63 Å². The topological polar surface area (TPSA) is 84.3 Å². The fourth-order valence-corrected chi connectivity index (χ4v) is 1.84. The highest BCUT2D eigenvalue weighted by Crippen LogP contribution is 2.13. The van der Waals surface area contributed by atoms with E-state index in [1.807, 2.05) is 35.2 Å². The summed E-state index contributed by atoms with van der Waals surface area (Å²) in [7, 11) is 0. The zero-order valence-corrected chi connectivity index (χ0v) is 10.5. The van der Waals surface area contributed by atoms with E-state index >= 15 is 0 Å². The standard InChI is InChI=1S/C13H11N5O2/c19-12(20)5-9-17-7-3-10(4-8-17)13-15-11-2-1-6-14-18(11)16-13/h1-4,6-8H,5,9H2/p+1. The number of rotatable bonds is 4. The molecule has 1 N–H and O–H groups in total. The molecule has 0 unspecified atom stereocenters. The van der Waals surface area contributed by atoms with Gasteiger partial charge < -0.3 is 5.11 Å². The summed E-state index contributed by atoms with van der Waals surface area (Å²) in [6, 6.07) is 7.35. The first-order valence-electron chi connectivity index (χ1n) is 6.12. The number of pyridine rings is 1. The zero-order valence-electron chi connectivity index (χ0n) is 10.5. The van der Waals surface area contributed by atoms with E-state index in [2.05, 4.69) is 15.2 Å². The van der Waals surface area contributed by atoms with Gasteiger partial charge in [0.1, 0.15) is 6.42 Å². The predicted molar refractivity (Wildman–Crippen MR) is 68.7 cm³/mol. The molecule has 0 spiro atoms. The Morgan fingerprint density at radius 2 is 2.10 bits per heavy atom. The van der Waals surface area contributed by atoms with E-state index in [0.717, 1.165) is 5.56 Å². The Kier molecular flexibility index (Phi) is 3.08. The lowest BCUT2D eigenvalue weighted by molar-refractivity contribution is -0.695. The molecular weight excluding hydrogens is 258 g/mol. The highest BCUT2D eigenvalue weighted by Gasteiger charge is 2.09. The van der Waals surface area contributed by atoms with Crippen LogP contribution in [0.4, 0.5) is 0 Å². The maximum Gasteiger partial charge on any atom is 0.309 e.